The van der Waals surface area contributed by atoms with Gasteiger partial charge in [0.15, 0.2) is 0 Å². The number of nitrogens with two attached hydrogens (primary N) is 1. The number of carbonyl (C=O) groups is 1. The maximum absolute atomic E-state index is 11.4. The van der Waals surface area contributed by atoms with Crippen molar-refractivity contribution in [2.45, 2.75) is 38.1 Å². The fourth-order valence-corrected chi connectivity index (χ4v) is 3.50. The zero-order valence-corrected chi connectivity index (χ0v) is 12.8. The molecule has 0 spiro atoms. The molecule has 19 heavy (non-hydrogen) atoms. The third-order valence-corrected chi connectivity index (χ3v) is 4.29. The van der Waals surface area contributed by atoms with E-state index in [1.165, 1.54) is 6.92 Å². The van der Waals surface area contributed by atoms with E-state index in [0.717, 1.165) is 35.7 Å². The number of benzene rings is 1. The quantitative estimate of drug-likeness (QED) is 0.896. The van der Waals surface area contributed by atoms with E-state index >= 15 is 0 Å². The van der Waals surface area contributed by atoms with Gasteiger partial charge in [0.25, 0.3) is 0 Å². The Kier molecular flexibility index (Phi) is 4.16. The smallest absolute Gasteiger partial charge is 0.221 e. The van der Waals surface area contributed by atoms with Crippen molar-refractivity contribution in [3.63, 3.8) is 0 Å². The highest BCUT2D eigenvalue weighted by molar-refractivity contribution is 9.10. The number of rotatable bonds is 3. The molecule has 1 aliphatic carbocycles. The van der Waals surface area contributed by atoms with E-state index in [4.69, 9.17) is 10.5 Å². The average Bonchev–Trinajstić information content (AvgIpc) is 2.76. The predicted octanol–water partition coefficient (Wildman–Crippen LogP) is 3.14. The number of anilines is 1. The summed E-state index contributed by atoms with van der Waals surface area (Å²) >= 11 is 3.56. The van der Waals surface area contributed by atoms with Crippen molar-refractivity contribution in [3.05, 3.63) is 22.2 Å². The number of amides is 1. The fraction of sp³-hybridized carbons (Fsp3) is 0.500. The maximum Gasteiger partial charge on any atom is 0.221 e. The van der Waals surface area contributed by atoms with Crippen LogP contribution in [0.4, 0.5) is 5.69 Å². The monoisotopic (exact) mass is 326 g/mol. The summed E-state index contributed by atoms with van der Waals surface area (Å²) < 4.78 is 6.27. The summed E-state index contributed by atoms with van der Waals surface area (Å²) in [6, 6.07) is 3.75. The minimum atomic E-state index is -0.398. The molecule has 2 rings (SSSR count). The van der Waals surface area contributed by atoms with Crippen molar-refractivity contribution in [2.24, 2.45) is 5.73 Å². The SMILES string of the molecule is COc1ccc(Br)c(C2(N)CCCC2)c1NC(C)=O. The average molecular weight is 327 g/mol. The van der Waals surface area contributed by atoms with Crippen molar-refractivity contribution in [3.8, 4) is 5.75 Å². The summed E-state index contributed by atoms with van der Waals surface area (Å²) in [6.07, 6.45) is 4.07. The maximum atomic E-state index is 11.4. The van der Waals surface area contributed by atoms with E-state index in [0.29, 0.717) is 11.4 Å². The minimum Gasteiger partial charge on any atom is -0.495 e. The summed E-state index contributed by atoms with van der Waals surface area (Å²) in [6.45, 7) is 1.49. The largest absolute Gasteiger partial charge is 0.495 e. The van der Waals surface area contributed by atoms with Crippen LogP contribution in [0.1, 0.15) is 38.2 Å². The molecule has 0 saturated heterocycles. The van der Waals surface area contributed by atoms with Crippen LogP contribution in [0.2, 0.25) is 0 Å². The lowest BCUT2D eigenvalue weighted by atomic mass is 9.87. The molecule has 4 nitrogen and oxygen atoms in total. The Morgan fingerprint density at radius 2 is 2.05 bits per heavy atom. The van der Waals surface area contributed by atoms with E-state index < -0.39 is 5.54 Å². The molecule has 0 bridgehead atoms. The van der Waals surface area contributed by atoms with Gasteiger partial charge in [-0.05, 0) is 25.0 Å². The Hall–Kier alpha value is -1.07. The second-order valence-corrected chi connectivity index (χ2v) is 5.90. The molecule has 1 amide bonds. The molecule has 0 heterocycles. The number of halogens is 1. The van der Waals surface area contributed by atoms with Crippen molar-refractivity contribution >= 4 is 27.5 Å². The first-order valence-corrected chi connectivity index (χ1v) is 7.20. The molecule has 5 heteroatoms. The summed E-state index contributed by atoms with van der Waals surface area (Å²) in [5, 5.41) is 2.86. The van der Waals surface area contributed by atoms with Gasteiger partial charge >= 0.3 is 0 Å². The van der Waals surface area contributed by atoms with Crippen LogP contribution in [0.3, 0.4) is 0 Å². The molecule has 3 N–H and O–H groups in total. The third kappa shape index (κ3) is 2.77. The van der Waals surface area contributed by atoms with Crippen molar-refractivity contribution in [2.75, 3.05) is 12.4 Å². The van der Waals surface area contributed by atoms with E-state index in [9.17, 15) is 4.79 Å². The number of nitrogens with one attached hydrogen (secondary N) is 1. The van der Waals surface area contributed by atoms with E-state index in [-0.39, 0.29) is 5.91 Å². The molecule has 1 aromatic rings. The summed E-state index contributed by atoms with van der Waals surface area (Å²) in [5.74, 6) is 0.518. The van der Waals surface area contributed by atoms with Crippen LogP contribution < -0.4 is 15.8 Å². The fourth-order valence-electron chi connectivity index (χ4n) is 2.77. The molecule has 0 aromatic heterocycles. The van der Waals surface area contributed by atoms with Gasteiger partial charge in [-0.15, -0.1) is 0 Å². The molecule has 1 aromatic carbocycles. The molecule has 0 atom stereocenters. The van der Waals surface area contributed by atoms with Gasteiger partial charge in [0.1, 0.15) is 5.75 Å². The third-order valence-electron chi connectivity index (χ3n) is 3.63. The Bertz CT molecular complexity index is 496. The molecule has 0 radical (unpaired) electrons. The Labute approximate surface area is 121 Å². The first kappa shape index (κ1) is 14.3. The zero-order valence-electron chi connectivity index (χ0n) is 11.3. The molecule has 0 unspecified atom stereocenters. The number of hydrogen-bond donors (Lipinski definition) is 2. The van der Waals surface area contributed by atoms with Crippen LogP contribution in [-0.4, -0.2) is 13.0 Å². The minimum absolute atomic E-state index is 0.126. The van der Waals surface area contributed by atoms with Gasteiger partial charge in [-0.1, -0.05) is 28.8 Å². The van der Waals surface area contributed by atoms with Crippen molar-refractivity contribution in [1.82, 2.24) is 0 Å². The van der Waals surface area contributed by atoms with Gasteiger partial charge < -0.3 is 15.8 Å². The summed E-state index contributed by atoms with van der Waals surface area (Å²) in [4.78, 5) is 11.4. The Morgan fingerprint density at radius 3 is 2.58 bits per heavy atom. The van der Waals surface area contributed by atoms with Crippen LogP contribution in [0.25, 0.3) is 0 Å². The number of methoxy groups -OCH3 is 1. The van der Waals surface area contributed by atoms with Crippen molar-refractivity contribution in [1.29, 1.82) is 0 Å². The van der Waals surface area contributed by atoms with Crippen LogP contribution in [0.5, 0.6) is 5.75 Å². The van der Waals surface area contributed by atoms with Gasteiger partial charge in [0.2, 0.25) is 5.91 Å². The summed E-state index contributed by atoms with van der Waals surface area (Å²) in [5.41, 5.74) is 7.78. The second-order valence-electron chi connectivity index (χ2n) is 5.04. The highest BCUT2D eigenvalue weighted by Gasteiger charge is 2.36. The van der Waals surface area contributed by atoms with Crippen molar-refractivity contribution < 1.29 is 9.53 Å². The lowest BCUT2D eigenvalue weighted by Crippen LogP contribution is -2.35. The predicted molar refractivity (Wildman–Crippen MR) is 79.3 cm³/mol. The molecule has 0 aliphatic heterocycles. The Morgan fingerprint density at radius 1 is 1.42 bits per heavy atom. The number of carbonyl (C=O) groups excluding carboxylic acids is 1. The highest BCUT2D eigenvalue weighted by atomic mass is 79.9. The Balaban J connectivity index is 2.59. The molecular weight excluding hydrogens is 308 g/mol. The zero-order chi connectivity index (χ0) is 14.0. The van der Waals surface area contributed by atoms with E-state index in [1.54, 1.807) is 7.11 Å². The normalized spacial score (nSPS) is 17.3. The lowest BCUT2D eigenvalue weighted by Gasteiger charge is -2.29. The topological polar surface area (TPSA) is 64.3 Å². The molecular formula is C14H19BrN2O2. The first-order valence-electron chi connectivity index (χ1n) is 6.41. The number of hydrogen-bond acceptors (Lipinski definition) is 3. The standard InChI is InChI=1S/C14H19BrN2O2/c1-9(18)17-13-11(19-2)6-5-10(15)12(13)14(16)7-3-4-8-14/h5-6H,3-4,7-8,16H2,1-2H3,(H,17,18). The first-order chi connectivity index (χ1) is 8.98. The van der Waals surface area contributed by atoms with Crippen LogP contribution in [-0.2, 0) is 10.3 Å². The van der Waals surface area contributed by atoms with E-state index in [1.807, 2.05) is 12.1 Å². The summed E-state index contributed by atoms with van der Waals surface area (Å²) in [7, 11) is 1.59. The lowest BCUT2D eigenvalue weighted by molar-refractivity contribution is -0.114. The van der Waals surface area contributed by atoms with Gasteiger partial charge in [-0.2, -0.15) is 0 Å². The van der Waals surface area contributed by atoms with Gasteiger partial charge in [0.05, 0.1) is 12.8 Å². The van der Waals surface area contributed by atoms with Gasteiger partial charge in [0, 0.05) is 22.5 Å². The molecule has 1 aliphatic rings. The van der Waals surface area contributed by atoms with Gasteiger partial charge in [-0.3, -0.25) is 4.79 Å². The molecule has 104 valence electrons. The van der Waals surface area contributed by atoms with Crippen LogP contribution in [0.15, 0.2) is 16.6 Å². The molecule has 1 fully saturated rings. The molecule has 1 saturated carbocycles. The van der Waals surface area contributed by atoms with E-state index in [2.05, 4.69) is 21.2 Å². The van der Waals surface area contributed by atoms with Gasteiger partial charge in [-0.25, -0.2) is 0 Å². The van der Waals surface area contributed by atoms with Crippen LogP contribution >= 0.6 is 15.9 Å². The second kappa shape index (κ2) is 5.51. The number of ether oxygens (including phenoxy) is 1. The highest BCUT2D eigenvalue weighted by Crippen LogP contribution is 2.46. The van der Waals surface area contributed by atoms with Crippen LogP contribution in [0, 0.1) is 0 Å².